The lowest BCUT2D eigenvalue weighted by Gasteiger charge is -2.15. The normalized spacial score (nSPS) is 11.6. The molecular weight excluding hydrogens is 414 g/mol. The molecule has 2 amide bonds. The topological polar surface area (TPSA) is 89.5 Å². The maximum Gasteiger partial charge on any atom is 0.255 e. The number of hydrogen-bond acceptors (Lipinski definition) is 6. The van der Waals surface area contributed by atoms with E-state index in [0.29, 0.717) is 30.2 Å². The molecule has 0 saturated carbocycles. The van der Waals surface area contributed by atoms with Crippen LogP contribution in [-0.4, -0.2) is 36.6 Å². The Morgan fingerprint density at radius 3 is 2.74 bits per heavy atom. The molecule has 162 valence electrons. The first-order valence-electron chi connectivity index (χ1n) is 9.89. The fourth-order valence-corrected chi connectivity index (χ4v) is 3.51. The summed E-state index contributed by atoms with van der Waals surface area (Å²) in [5.74, 6) is -0.134. The molecule has 0 saturated heterocycles. The molecule has 2 aromatic carbocycles. The monoisotopic (exact) mass is 439 g/mol. The van der Waals surface area contributed by atoms with Crippen molar-refractivity contribution in [3.63, 3.8) is 0 Å². The Kier molecular flexibility index (Phi) is 7.75. The first-order valence-corrected chi connectivity index (χ1v) is 10.8. The van der Waals surface area contributed by atoms with Gasteiger partial charge in [0.25, 0.3) is 11.8 Å². The molecule has 7 nitrogen and oxygen atoms in total. The Bertz CT molecular complexity index is 1040. The molecular formula is C23H25N3O4S. The van der Waals surface area contributed by atoms with Gasteiger partial charge in [-0.25, -0.2) is 4.98 Å². The Labute approximate surface area is 185 Å². The maximum atomic E-state index is 12.9. The van der Waals surface area contributed by atoms with Crippen LogP contribution in [0.5, 0.6) is 5.75 Å². The molecule has 0 aliphatic heterocycles. The van der Waals surface area contributed by atoms with Crippen molar-refractivity contribution < 1.29 is 19.1 Å². The summed E-state index contributed by atoms with van der Waals surface area (Å²) < 4.78 is 10.6. The first-order chi connectivity index (χ1) is 15.0. The second kappa shape index (κ2) is 10.7. The Hall–Kier alpha value is -3.23. The van der Waals surface area contributed by atoms with Crippen molar-refractivity contribution >= 4 is 28.8 Å². The summed E-state index contributed by atoms with van der Waals surface area (Å²) >= 11 is 1.56. The molecule has 0 radical (unpaired) electrons. The molecule has 3 aromatic rings. The molecule has 8 heteroatoms. The highest BCUT2D eigenvalue weighted by molar-refractivity contribution is 7.13. The predicted octanol–water partition coefficient (Wildman–Crippen LogP) is 4.11. The van der Waals surface area contributed by atoms with E-state index in [1.807, 2.05) is 36.6 Å². The van der Waals surface area contributed by atoms with E-state index in [1.54, 1.807) is 42.7 Å². The zero-order valence-corrected chi connectivity index (χ0v) is 18.5. The third kappa shape index (κ3) is 5.90. The number of rotatable bonds is 9. The fraction of sp³-hybridized carbons (Fsp3) is 0.261. The second-order valence-corrected chi connectivity index (χ2v) is 7.63. The SMILES string of the molecule is CCOc1ccc(NC(=O)C(C)OC)cc1C(=O)NCc1cccc(-c2nccs2)c1. The zero-order chi connectivity index (χ0) is 22.2. The minimum Gasteiger partial charge on any atom is -0.493 e. The molecule has 1 unspecified atom stereocenters. The summed E-state index contributed by atoms with van der Waals surface area (Å²) in [4.78, 5) is 29.3. The van der Waals surface area contributed by atoms with E-state index < -0.39 is 6.10 Å². The van der Waals surface area contributed by atoms with E-state index in [1.165, 1.54) is 7.11 Å². The van der Waals surface area contributed by atoms with Crippen LogP contribution in [0.15, 0.2) is 54.0 Å². The van der Waals surface area contributed by atoms with Crippen molar-refractivity contribution in [1.29, 1.82) is 0 Å². The van der Waals surface area contributed by atoms with E-state index in [-0.39, 0.29) is 11.8 Å². The van der Waals surface area contributed by atoms with Gasteiger partial charge < -0.3 is 20.1 Å². The molecule has 31 heavy (non-hydrogen) atoms. The van der Waals surface area contributed by atoms with Crippen LogP contribution in [-0.2, 0) is 16.1 Å². The summed E-state index contributed by atoms with van der Waals surface area (Å²) in [7, 11) is 1.46. The third-order valence-corrected chi connectivity index (χ3v) is 5.40. The van der Waals surface area contributed by atoms with Gasteiger partial charge in [0.05, 0.1) is 12.2 Å². The number of nitrogens with zero attached hydrogens (tertiary/aromatic N) is 1. The number of benzene rings is 2. The van der Waals surface area contributed by atoms with E-state index in [9.17, 15) is 9.59 Å². The number of aromatic nitrogens is 1. The van der Waals surface area contributed by atoms with Crippen molar-refractivity contribution in [1.82, 2.24) is 10.3 Å². The molecule has 1 aromatic heterocycles. The molecule has 3 rings (SSSR count). The van der Waals surface area contributed by atoms with Gasteiger partial charge in [0.2, 0.25) is 0 Å². The third-order valence-electron chi connectivity index (χ3n) is 4.57. The zero-order valence-electron chi connectivity index (χ0n) is 17.7. The van der Waals surface area contributed by atoms with Crippen LogP contribution in [0.2, 0.25) is 0 Å². The maximum absolute atomic E-state index is 12.9. The summed E-state index contributed by atoms with van der Waals surface area (Å²) in [6.45, 7) is 4.27. The highest BCUT2D eigenvalue weighted by Gasteiger charge is 2.17. The van der Waals surface area contributed by atoms with Gasteiger partial charge in [0.15, 0.2) is 0 Å². The van der Waals surface area contributed by atoms with Crippen molar-refractivity contribution in [2.75, 3.05) is 19.0 Å². The number of hydrogen-bond donors (Lipinski definition) is 2. The second-order valence-electron chi connectivity index (χ2n) is 6.73. The van der Waals surface area contributed by atoms with Crippen LogP contribution < -0.4 is 15.4 Å². The Morgan fingerprint density at radius 1 is 1.19 bits per heavy atom. The van der Waals surface area contributed by atoms with Gasteiger partial charge in [-0.3, -0.25) is 9.59 Å². The van der Waals surface area contributed by atoms with Crippen LogP contribution in [0.4, 0.5) is 5.69 Å². The lowest BCUT2D eigenvalue weighted by Crippen LogP contribution is -2.27. The van der Waals surface area contributed by atoms with Crippen LogP contribution >= 0.6 is 11.3 Å². The number of carbonyl (C=O) groups is 2. The number of anilines is 1. The molecule has 1 atom stereocenters. The van der Waals surface area contributed by atoms with Gasteiger partial charge in [-0.2, -0.15) is 0 Å². The van der Waals surface area contributed by atoms with Crippen molar-refractivity contribution in [2.45, 2.75) is 26.5 Å². The lowest BCUT2D eigenvalue weighted by atomic mass is 10.1. The summed E-state index contributed by atoms with van der Waals surface area (Å²) in [5, 5.41) is 8.54. The van der Waals surface area contributed by atoms with Gasteiger partial charge in [-0.15, -0.1) is 11.3 Å². The molecule has 0 aliphatic rings. The summed E-state index contributed by atoms with van der Waals surface area (Å²) in [6, 6.07) is 12.9. The molecule has 0 spiro atoms. The quantitative estimate of drug-likeness (QED) is 0.524. The molecule has 0 bridgehead atoms. The summed E-state index contributed by atoms with van der Waals surface area (Å²) in [5.41, 5.74) is 2.81. The number of thiazole rings is 1. The average Bonchev–Trinajstić information content (AvgIpc) is 3.33. The average molecular weight is 440 g/mol. The van der Waals surface area contributed by atoms with Crippen LogP contribution in [0, 0.1) is 0 Å². The molecule has 2 N–H and O–H groups in total. The van der Waals surface area contributed by atoms with Crippen molar-refractivity contribution in [2.24, 2.45) is 0 Å². The van der Waals surface area contributed by atoms with Gasteiger partial charge in [0, 0.05) is 36.5 Å². The van der Waals surface area contributed by atoms with Gasteiger partial charge in [-0.05, 0) is 43.7 Å². The number of carbonyl (C=O) groups excluding carboxylic acids is 2. The number of methoxy groups -OCH3 is 1. The van der Waals surface area contributed by atoms with E-state index >= 15 is 0 Å². The van der Waals surface area contributed by atoms with Crippen molar-refractivity contribution in [3.05, 3.63) is 65.2 Å². The smallest absolute Gasteiger partial charge is 0.255 e. The Balaban J connectivity index is 1.74. The molecule has 0 aliphatic carbocycles. The predicted molar refractivity (Wildman–Crippen MR) is 121 cm³/mol. The fourth-order valence-electron chi connectivity index (χ4n) is 2.88. The highest BCUT2D eigenvalue weighted by Crippen LogP contribution is 2.25. The molecule has 0 fully saturated rings. The van der Waals surface area contributed by atoms with E-state index in [0.717, 1.165) is 16.1 Å². The van der Waals surface area contributed by atoms with Gasteiger partial charge >= 0.3 is 0 Å². The lowest BCUT2D eigenvalue weighted by molar-refractivity contribution is -0.124. The van der Waals surface area contributed by atoms with Gasteiger partial charge in [0.1, 0.15) is 16.9 Å². The largest absolute Gasteiger partial charge is 0.493 e. The van der Waals surface area contributed by atoms with E-state index in [4.69, 9.17) is 9.47 Å². The minimum atomic E-state index is -0.603. The minimum absolute atomic E-state index is 0.293. The number of nitrogens with one attached hydrogen (secondary N) is 2. The number of ether oxygens (including phenoxy) is 2. The van der Waals surface area contributed by atoms with E-state index in [2.05, 4.69) is 15.6 Å². The van der Waals surface area contributed by atoms with Gasteiger partial charge in [-0.1, -0.05) is 18.2 Å². The summed E-state index contributed by atoms with van der Waals surface area (Å²) in [6.07, 6.45) is 1.16. The first kappa shape index (κ1) is 22.5. The highest BCUT2D eigenvalue weighted by atomic mass is 32.1. The standard InChI is InChI=1S/C23H25N3O4S/c1-4-30-20-9-8-18(26-21(27)15(2)29-3)13-19(20)22(28)25-14-16-6-5-7-17(12-16)23-24-10-11-31-23/h5-13,15H,4,14H2,1-3H3,(H,25,28)(H,26,27). The van der Waals surface area contributed by atoms with Crippen LogP contribution in [0.25, 0.3) is 10.6 Å². The van der Waals surface area contributed by atoms with Crippen LogP contribution in [0.3, 0.4) is 0 Å². The molecule has 1 heterocycles. The van der Waals surface area contributed by atoms with Crippen molar-refractivity contribution in [3.8, 4) is 16.3 Å². The Morgan fingerprint density at radius 2 is 2.03 bits per heavy atom. The van der Waals surface area contributed by atoms with Crippen LogP contribution in [0.1, 0.15) is 29.8 Å². The number of amides is 2.